The molecule has 1 aromatic heterocycles. The molecule has 3 rings (SSSR count). The van der Waals surface area contributed by atoms with E-state index in [1.807, 2.05) is 36.4 Å². The second-order valence-corrected chi connectivity index (χ2v) is 6.15. The van der Waals surface area contributed by atoms with Gasteiger partial charge in [-0.25, -0.2) is 0 Å². The number of hydrogen-bond acceptors (Lipinski definition) is 3. The number of nitriles is 1. The van der Waals surface area contributed by atoms with Crippen LogP contribution in [0.2, 0.25) is 0 Å². The second-order valence-electron chi connectivity index (χ2n) is 6.15. The van der Waals surface area contributed by atoms with Crippen molar-refractivity contribution in [2.45, 2.75) is 12.3 Å². The molecule has 0 radical (unpaired) electrons. The van der Waals surface area contributed by atoms with Gasteiger partial charge < -0.3 is 15.4 Å². The van der Waals surface area contributed by atoms with E-state index in [1.54, 1.807) is 35.2 Å². The van der Waals surface area contributed by atoms with Gasteiger partial charge in [0.25, 0.3) is 0 Å². The van der Waals surface area contributed by atoms with Gasteiger partial charge in [0, 0.05) is 24.5 Å². The zero-order valence-electron chi connectivity index (χ0n) is 14.4. The minimum absolute atomic E-state index is 0.239. The van der Waals surface area contributed by atoms with Crippen molar-refractivity contribution in [2.75, 3.05) is 0 Å². The molecule has 6 heteroatoms. The fraction of sp³-hybridized carbons (Fsp3) is 0.0952. The van der Waals surface area contributed by atoms with Crippen molar-refractivity contribution >= 4 is 11.9 Å². The van der Waals surface area contributed by atoms with Gasteiger partial charge in [-0.05, 0) is 47.0 Å². The van der Waals surface area contributed by atoms with Crippen LogP contribution in [0.1, 0.15) is 23.5 Å². The van der Waals surface area contributed by atoms with Crippen LogP contribution in [0.4, 0.5) is 0 Å². The summed E-state index contributed by atoms with van der Waals surface area (Å²) in [5.74, 6) is -2.69. The van der Waals surface area contributed by atoms with E-state index in [1.165, 1.54) is 0 Å². The van der Waals surface area contributed by atoms with E-state index in [2.05, 4.69) is 6.07 Å². The normalized spacial score (nSPS) is 11.5. The Morgan fingerprint density at radius 1 is 1.04 bits per heavy atom. The SMILES string of the molecule is N#Cc1ccc(-c2ccc(-n3ccc([C@H](CC(N)=O)C(=O)O)c3)cc2)cc1. The molecular weight excluding hydrogens is 342 g/mol. The maximum Gasteiger partial charge on any atom is 0.311 e. The summed E-state index contributed by atoms with van der Waals surface area (Å²) in [6.45, 7) is 0. The molecule has 0 saturated heterocycles. The lowest BCUT2D eigenvalue weighted by Crippen LogP contribution is -2.20. The first-order chi connectivity index (χ1) is 13.0. The highest BCUT2D eigenvalue weighted by Crippen LogP contribution is 2.24. The maximum absolute atomic E-state index is 11.4. The number of aliphatic carboxylic acids is 1. The quantitative estimate of drug-likeness (QED) is 0.705. The number of aromatic nitrogens is 1. The van der Waals surface area contributed by atoms with Crippen molar-refractivity contribution in [3.63, 3.8) is 0 Å². The molecule has 0 bridgehead atoms. The number of carbonyl (C=O) groups is 2. The second kappa shape index (κ2) is 7.58. The highest BCUT2D eigenvalue weighted by atomic mass is 16.4. The fourth-order valence-electron chi connectivity index (χ4n) is 2.89. The zero-order chi connectivity index (χ0) is 19.4. The molecule has 1 heterocycles. The van der Waals surface area contributed by atoms with Gasteiger partial charge in [-0.3, -0.25) is 9.59 Å². The summed E-state index contributed by atoms with van der Waals surface area (Å²) in [5.41, 5.74) is 9.16. The first-order valence-electron chi connectivity index (χ1n) is 8.28. The van der Waals surface area contributed by atoms with Crippen molar-refractivity contribution in [3.8, 4) is 22.9 Å². The van der Waals surface area contributed by atoms with E-state index < -0.39 is 17.8 Å². The molecular formula is C21H17N3O3. The lowest BCUT2D eigenvalue weighted by molar-refractivity contribution is -0.140. The van der Waals surface area contributed by atoms with Crippen molar-refractivity contribution < 1.29 is 14.7 Å². The highest BCUT2D eigenvalue weighted by Gasteiger charge is 2.23. The van der Waals surface area contributed by atoms with Gasteiger partial charge >= 0.3 is 5.97 Å². The minimum Gasteiger partial charge on any atom is -0.481 e. The summed E-state index contributed by atoms with van der Waals surface area (Å²) < 4.78 is 1.80. The van der Waals surface area contributed by atoms with E-state index in [0.29, 0.717) is 11.1 Å². The molecule has 1 atom stereocenters. The summed E-state index contributed by atoms with van der Waals surface area (Å²) in [5, 5.41) is 18.2. The maximum atomic E-state index is 11.4. The number of carbonyl (C=O) groups excluding carboxylic acids is 1. The van der Waals surface area contributed by atoms with Crippen LogP contribution in [0.25, 0.3) is 16.8 Å². The molecule has 0 spiro atoms. The molecule has 27 heavy (non-hydrogen) atoms. The highest BCUT2D eigenvalue weighted by molar-refractivity contribution is 5.84. The van der Waals surface area contributed by atoms with Crippen LogP contribution < -0.4 is 5.73 Å². The minimum atomic E-state index is -1.08. The molecule has 0 aliphatic rings. The van der Waals surface area contributed by atoms with E-state index in [4.69, 9.17) is 11.0 Å². The molecule has 6 nitrogen and oxygen atoms in total. The Hall–Kier alpha value is -3.85. The van der Waals surface area contributed by atoms with Crippen LogP contribution in [0.3, 0.4) is 0 Å². The summed E-state index contributed by atoms with van der Waals surface area (Å²) in [6.07, 6.45) is 3.21. The predicted octanol–water partition coefficient (Wildman–Crippen LogP) is 3.06. The molecule has 3 N–H and O–H groups in total. The lowest BCUT2D eigenvalue weighted by atomic mass is 9.98. The molecule has 3 aromatic rings. The Labute approximate surface area is 156 Å². The largest absolute Gasteiger partial charge is 0.481 e. The number of hydrogen-bond donors (Lipinski definition) is 2. The Kier molecular flexibility index (Phi) is 5.04. The monoisotopic (exact) mass is 359 g/mol. The average molecular weight is 359 g/mol. The standard InChI is InChI=1S/C21H17N3O3/c22-12-14-1-3-15(4-2-14)16-5-7-18(8-6-16)24-10-9-17(13-24)19(21(26)27)11-20(23)25/h1-10,13,19H,11H2,(H2,23,25)(H,26,27)/t19-/m0/s1. The third-order valence-corrected chi connectivity index (χ3v) is 4.33. The summed E-state index contributed by atoms with van der Waals surface area (Å²) in [7, 11) is 0. The van der Waals surface area contributed by atoms with Gasteiger partial charge in [-0.2, -0.15) is 5.26 Å². The van der Waals surface area contributed by atoms with Gasteiger partial charge in [0.2, 0.25) is 5.91 Å². The van der Waals surface area contributed by atoms with Crippen LogP contribution in [-0.2, 0) is 9.59 Å². The van der Waals surface area contributed by atoms with Crippen molar-refractivity contribution in [3.05, 3.63) is 78.1 Å². The van der Waals surface area contributed by atoms with E-state index in [0.717, 1.165) is 16.8 Å². The van der Waals surface area contributed by atoms with Gasteiger partial charge in [0.1, 0.15) is 0 Å². The number of carboxylic acids is 1. The summed E-state index contributed by atoms with van der Waals surface area (Å²) in [4.78, 5) is 22.5. The van der Waals surface area contributed by atoms with Crippen LogP contribution in [0.15, 0.2) is 67.0 Å². The van der Waals surface area contributed by atoms with E-state index in [9.17, 15) is 14.7 Å². The number of nitrogens with zero attached hydrogens (tertiary/aromatic N) is 2. The number of primary amides is 1. The van der Waals surface area contributed by atoms with Crippen LogP contribution in [0.5, 0.6) is 0 Å². The van der Waals surface area contributed by atoms with Crippen LogP contribution in [-0.4, -0.2) is 21.6 Å². The fourth-order valence-corrected chi connectivity index (χ4v) is 2.89. The van der Waals surface area contributed by atoms with Gasteiger partial charge in [-0.15, -0.1) is 0 Å². The Morgan fingerprint density at radius 2 is 1.63 bits per heavy atom. The molecule has 0 fully saturated rings. The first kappa shape index (κ1) is 18.0. The Bertz CT molecular complexity index is 1010. The molecule has 0 aliphatic carbocycles. The third-order valence-electron chi connectivity index (χ3n) is 4.33. The molecule has 0 saturated carbocycles. The number of nitrogens with two attached hydrogens (primary N) is 1. The Morgan fingerprint density at radius 3 is 2.15 bits per heavy atom. The smallest absolute Gasteiger partial charge is 0.311 e. The number of carboxylic acid groups (broad SMARTS) is 1. The Balaban J connectivity index is 1.83. The molecule has 134 valence electrons. The van der Waals surface area contributed by atoms with Gasteiger partial charge in [0.15, 0.2) is 0 Å². The molecule has 1 amide bonds. The molecule has 0 unspecified atom stereocenters. The summed E-state index contributed by atoms with van der Waals surface area (Å²) in [6, 6.07) is 18.8. The van der Waals surface area contributed by atoms with E-state index in [-0.39, 0.29) is 6.42 Å². The van der Waals surface area contributed by atoms with E-state index >= 15 is 0 Å². The summed E-state index contributed by atoms with van der Waals surface area (Å²) >= 11 is 0. The number of rotatable bonds is 6. The van der Waals surface area contributed by atoms with Gasteiger partial charge in [-0.1, -0.05) is 24.3 Å². The number of amides is 1. The predicted molar refractivity (Wildman–Crippen MR) is 100 cm³/mol. The topological polar surface area (TPSA) is 109 Å². The van der Waals surface area contributed by atoms with Crippen molar-refractivity contribution in [2.24, 2.45) is 5.73 Å². The van der Waals surface area contributed by atoms with Crippen molar-refractivity contribution in [1.29, 1.82) is 5.26 Å². The first-order valence-corrected chi connectivity index (χ1v) is 8.28. The third kappa shape index (κ3) is 4.05. The average Bonchev–Trinajstić information content (AvgIpc) is 3.16. The molecule has 2 aromatic carbocycles. The lowest BCUT2D eigenvalue weighted by Gasteiger charge is -2.09. The molecule has 0 aliphatic heterocycles. The van der Waals surface area contributed by atoms with Crippen LogP contribution in [0, 0.1) is 11.3 Å². The van der Waals surface area contributed by atoms with Crippen molar-refractivity contribution in [1.82, 2.24) is 4.57 Å². The van der Waals surface area contributed by atoms with Gasteiger partial charge in [0.05, 0.1) is 17.6 Å². The number of benzene rings is 2. The zero-order valence-corrected chi connectivity index (χ0v) is 14.4. The van der Waals surface area contributed by atoms with Crippen LogP contribution >= 0.6 is 0 Å².